The molecule has 0 N–H and O–H groups in total. The number of benzene rings is 1. The Morgan fingerprint density at radius 3 is 2.44 bits per heavy atom. The van der Waals surface area contributed by atoms with Crippen LogP contribution in [0, 0.1) is 0 Å². The van der Waals surface area contributed by atoms with Gasteiger partial charge in [-0.25, -0.2) is 9.59 Å². The third-order valence-corrected chi connectivity index (χ3v) is 3.83. The number of hydrogen-bond acceptors (Lipinski definition) is 5. The Kier molecular flexibility index (Phi) is 6.06. The van der Waals surface area contributed by atoms with Crippen LogP contribution < -0.4 is 0 Å². The zero-order chi connectivity index (χ0) is 18.5. The van der Waals surface area contributed by atoms with Crippen molar-refractivity contribution in [3.8, 4) is 0 Å². The van der Waals surface area contributed by atoms with Crippen molar-refractivity contribution in [1.29, 1.82) is 0 Å². The van der Waals surface area contributed by atoms with E-state index in [-0.39, 0.29) is 13.2 Å². The third-order valence-electron chi connectivity index (χ3n) is 3.83. The fourth-order valence-corrected chi connectivity index (χ4v) is 2.78. The number of amides is 1. The van der Waals surface area contributed by atoms with Gasteiger partial charge in [0.05, 0.1) is 19.8 Å². The maximum atomic E-state index is 12.9. The summed E-state index contributed by atoms with van der Waals surface area (Å²) in [6.45, 7) is 7.92. The predicted octanol–water partition coefficient (Wildman–Crippen LogP) is 3.49. The van der Waals surface area contributed by atoms with Crippen LogP contribution in [0.15, 0.2) is 30.3 Å². The molecule has 25 heavy (non-hydrogen) atoms. The minimum Gasteiger partial charge on any atom is -0.462 e. The molecule has 0 aliphatic carbocycles. The van der Waals surface area contributed by atoms with Gasteiger partial charge in [-0.1, -0.05) is 30.3 Å². The van der Waals surface area contributed by atoms with Gasteiger partial charge in [0.1, 0.15) is 5.60 Å². The molecule has 2 rings (SSSR count). The highest BCUT2D eigenvalue weighted by Crippen LogP contribution is 2.34. The largest absolute Gasteiger partial charge is 0.462 e. The van der Waals surface area contributed by atoms with E-state index < -0.39 is 23.4 Å². The first-order valence-corrected chi connectivity index (χ1v) is 8.64. The first-order valence-electron chi connectivity index (χ1n) is 8.64. The molecule has 1 aromatic rings. The highest BCUT2D eigenvalue weighted by molar-refractivity contribution is 5.84. The predicted molar refractivity (Wildman–Crippen MR) is 92.8 cm³/mol. The summed E-state index contributed by atoms with van der Waals surface area (Å²) in [5.41, 5.74) is -1.23. The molecule has 0 saturated carbocycles. The van der Waals surface area contributed by atoms with Gasteiger partial charge in [0.2, 0.25) is 5.72 Å². The number of esters is 1. The lowest BCUT2D eigenvalue weighted by Crippen LogP contribution is -2.58. The maximum Gasteiger partial charge on any atom is 0.413 e. The molecule has 1 aromatic carbocycles. The van der Waals surface area contributed by atoms with Crippen molar-refractivity contribution in [1.82, 2.24) is 4.90 Å². The third kappa shape index (κ3) is 4.72. The van der Waals surface area contributed by atoms with Crippen LogP contribution in [0.5, 0.6) is 0 Å². The molecule has 1 heterocycles. The first-order chi connectivity index (χ1) is 11.8. The van der Waals surface area contributed by atoms with Gasteiger partial charge in [-0.3, -0.25) is 4.90 Å². The summed E-state index contributed by atoms with van der Waals surface area (Å²) in [6, 6.07) is 9.45. The maximum absolute atomic E-state index is 12.9. The van der Waals surface area contributed by atoms with Crippen molar-refractivity contribution < 1.29 is 23.8 Å². The van der Waals surface area contributed by atoms with Crippen molar-refractivity contribution in [3.63, 3.8) is 0 Å². The zero-order valence-corrected chi connectivity index (χ0v) is 15.4. The van der Waals surface area contributed by atoms with Crippen LogP contribution >= 0.6 is 0 Å². The number of carbonyl (C=O) groups is 2. The Hall–Kier alpha value is -2.08. The fraction of sp³-hybridized carbons (Fsp3) is 0.579. The summed E-state index contributed by atoms with van der Waals surface area (Å²) < 4.78 is 16.5. The molecule has 1 amide bonds. The molecule has 1 aliphatic rings. The van der Waals surface area contributed by atoms with Gasteiger partial charge in [-0.2, -0.15) is 0 Å². The van der Waals surface area contributed by atoms with E-state index in [2.05, 4.69) is 0 Å². The molecule has 6 heteroatoms. The van der Waals surface area contributed by atoms with Gasteiger partial charge >= 0.3 is 12.1 Å². The van der Waals surface area contributed by atoms with E-state index >= 15 is 0 Å². The molecule has 1 unspecified atom stereocenters. The van der Waals surface area contributed by atoms with E-state index in [1.54, 1.807) is 27.7 Å². The Morgan fingerprint density at radius 1 is 1.24 bits per heavy atom. The summed E-state index contributed by atoms with van der Waals surface area (Å²) in [6.07, 6.45) is 0.469. The number of ether oxygens (including phenoxy) is 3. The highest BCUT2D eigenvalue weighted by Gasteiger charge is 2.52. The molecule has 0 spiro atoms. The van der Waals surface area contributed by atoms with Crippen LogP contribution in [-0.2, 0) is 25.5 Å². The normalized spacial score (nSPS) is 20.2. The summed E-state index contributed by atoms with van der Waals surface area (Å²) in [5.74, 6) is -0.547. The van der Waals surface area contributed by atoms with E-state index in [9.17, 15) is 9.59 Å². The quantitative estimate of drug-likeness (QED) is 0.761. The Labute approximate surface area is 149 Å². The minimum atomic E-state index is -1.44. The van der Waals surface area contributed by atoms with Gasteiger partial charge in [-0.05, 0) is 39.7 Å². The molecule has 6 nitrogen and oxygen atoms in total. The Balaban J connectivity index is 2.37. The molecule has 1 atom stereocenters. The lowest BCUT2D eigenvalue weighted by molar-refractivity contribution is -0.190. The lowest BCUT2D eigenvalue weighted by atomic mass is 10.1. The molecule has 0 aromatic heterocycles. The second-order valence-electron chi connectivity index (χ2n) is 7.01. The Morgan fingerprint density at radius 2 is 1.92 bits per heavy atom. The summed E-state index contributed by atoms with van der Waals surface area (Å²) in [5, 5.41) is 0. The molecule has 1 fully saturated rings. The summed E-state index contributed by atoms with van der Waals surface area (Å²) in [7, 11) is 0. The molecule has 0 radical (unpaired) electrons. The van der Waals surface area contributed by atoms with Gasteiger partial charge in [0.25, 0.3) is 0 Å². The fourth-order valence-electron chi connectivity index (χ4n) is 2.78. The number of nitrogens with zero attached hydrogens (tertiary/aromatic N) is 1. The molecule has 138 valence electrons. The van der Waals surface area contributed by atoms with E-state index in [4.69, 9.17) is 14.2 Å². The molecular weight excluding hydrogens is 322 g/mol. The smallest absolute Gasteiger partial charge is 0.413 e. The summed E-state index contributed by atoms with van der Waals surface area (Å²) >= 11 is 0. The van der Waals surface area contributed by atoms with E-state index in [1.165, 1.54) is 4.90 Å². The topological polar surface area (TPSA) is 65.1 Å². The van der Waals surface area contributed by atoms with Crippen LogP contribution in [0.25, 0.3) is 0 Å². The Bertz CT molecular complexity index is 588. The number of rotatable bonds is 5. The van der Waals surface area contributed by atoms with E-state index in [0.717, 1.165) is 5.56 Å². The van der Waals surface area contributed by atoms with Gasteiger partial charge in [0.15, 0.2) is 0 Å². The number of carbonyl (C=O) groups excluding carboxylic acids is 2. The summed E-state index contributed by atoms with van der Waals surface area (Å²) in [4.78, 5) is 26.9. The molecular formula is C19H27NO5. The first kappa shape index (κ1) is 19.2. The van der Waals surface area contributed by atoms with Crippen molar-refractivity contribution in [3.05, 3.63) is 35.9 Å². The molecule has 1 aliphatic heterocycles. The van der Waals surface area contributed by atoms with Crippen molar-refractivity contribution in [2.24, 2.45) is 0 Å². The standard InChI is InChI=1S/C19H27NO5/c1-5-23-16(21)19(12-9-13-24-19)20(17(22)25-18(2,3)4)14-15-10-7-6-8-11-15/h6-8,10-11H,5,9,12-14H2,1-4H3. The SMILES string of the molecule is CCOC(=O)C1(N(Cc2ccccc2)C(=O)OC(C)(C)C)CCCO1. The highest BCUT2D eigenvalue weighted by atomic mass is 16.6. The van der Waals surface area contributed by atoms with Crippen LogP contribution in [0.4, 0.5) is 4.79 Å². The molecule has 0 bridgehead atoms. The second-order valence-corrected chi connectivity index (χ2v) is 7.01. The second kappa shape index (κ2) is 7.87. The van der Waals surface area contributed by atoms with E-state index in [0.29, 0.717) is 19.4 Å². The lowest BCUT2D eigenvalue weighted by Gasteiger charge is -2.38. The monoisotopic (exact) mass is 349 g/mol. The van der Waals surface area contributed by atoms with Crippen molar-refractivity contribution in [2.75, 3.05) is 13.2 Å². The average molecular weight is 349 g/mol. The van der Waals surface area contributed by atoms with Crippen molar-refractivity contribution >= 4 is 12.1 Å². The van der Waals surface area contributed by atoms with Gasteiger partial charge < -0.3 is 14.2 Å². The average Bonchev–Trinajstić information content (AvgIpc) is 3.03. The van der Waals surface area contributed by atoms with Crippen molar-refractivity contribution in [2.45, 2.75) is 58.4 Å². The zero-order valence-electron chi connectivity index (χ0n) is 15.4. The van der Waals surface area contributed by atoms with Gasteiger partial charge in [-0.15, -0.1) is 0 Å². The van der Waals surface area contributed by atoms with Gasteiger partial charge in [0, 0.05) is 6.42 Å². The van der Waals surface area contributed by atoms with E-state index in [1.807, 2.05) is 30.3 Å². The van der Waals surface area contributed by atoms with Crippen LogP contribution in [-0.4, -0.2) is 41.5 Å². The van der Waals surface area contributed by atoms with Crippen LogP contribution in [0.3, 0.4) is 0 Å². The van der Waals surface area contributed by atoms with Crippen LogP contribution in [0.2, 0.25) is 0 Å². The molecule has 1 saturated heterocycles. The number of hydrogen-bond donors (Lipinski definition) is 0. The minimum absolute atomic E-state index is 0.203. The van der Waals surface area contributed by atoms with Crippen LogP contribution in [0.1, 0.15) is 46.1 Å².